The zero-order chi connectivity index (χ0) is 29.8. The lowest BCUT2D eigenvalue weighted by molar-refractivity contribution is -0.139. The molecule has 0 saturated heterocycles. The van der Waals surface area contributed by atoms with Gasteiger partial charge in [0.1, 0.15) is 30.7 Å². The first-order chi connectivity index (χ1) is 19.6. The molecular formula is C31H39N3O6S. The molecule has 0 aliphatic heterocycles. The van der Waals surface area contributed by atoms with Gasteiger partial charge in [-0.1, -0.05) is 55.8 Å². The number of sulfonamides is 1. The average molecular weight is 582 g/mol. The Labute approximate surface area is 243 Å². The van der Waals surface area contributed by atoms with Crippen molar-refractivity contribution in [3.8, 4) is 11.5 Å². The van der Waals surface area contributed by atoms with Crippen molar-refractivity contribution in [3.63, 3.8) is 0 Å². The summed E-state index contributed by atoms with van der Waals surface area (Å²) in [6.45, 7) is 4.19. The quantitative estimate of drug-likeness (QED) is 0.267. The normalized spacial score (nSPS) is 11.8. The molecule has 0 bridgehead atoms. The lowest BCUT2D eigenvalue weighted by Crippen LogP contribution is -2.51. The summed E-state index contributed by atoms with van der Waals surface area (Å²) in [6, 6.07) is 22.6. The van der Waals surface area contributed by atoms with Crippen LogP contribution in [0.15, 0.2) is 78.9 Å². The van der Waals surface area contributed by atoms with Crippen LogP contribution in [0.1, 0.15) is 37.8 Å². The maximum atomic E-state index is 13.7. The Morgan fingerprint density at radius 2 is 1.54 bits per heavy atom. The van der Waals surface area contributed by atoms with Crippen LogP contribution < -0.4 is 19.1 Å². The standard InChI is InChI=1S/C31H39N3O6S/c1-5-6-20-32-31(36)24(2)33(21-25-12-16-28(39-3)17-13-25)30(35)22-34(41(4,37)38)27-14-18-29(19-15-27)40-23-26-10-8-7-9-11-26/h7-19,24H,5-6,20-23H2,1-4H3,(H,32,36)/t24-/m0/s1. The van der Waals surface area contributed by atoms with Crippen LogP contribution in [0.4, 0.5) is 5.69 Å². The highest BCUT2D eigenvalue weighted by molar-refractivity contribution is 7.92. The van der Waals surface area contributed by atoms with Gasteiger partial charge in [0.25, 0.3) is 0 Å². The van der Waals surface area contributed by atoms with E-state index in [-0.39, 0.29) is 12.5 Å². The summed E-state index contributed by atoms with van der Waals surface area (Å²) in [5.41, 5.74) is 2.10. The molecule has 0 radical (unpaired) electrons. The van der Waals surface area contributed by atoms with Crippen LogP contribution in [-0.2, 0) is 32.8 Å². The fourth-order valence-corrected chi connectivity index (χ4v) is 4.96. The number of methoxy groups -OCH3 is 1. The van der Waals surface area contributed by atoms with Gasteiger partial charge in [-0.25, -0.2) is 8.42 Å². The van der Waals surface area contributed by atoms with E-state index in [0.717, 1.165) is 34.5 Å². The van der Waals surface area contributed by atoms with Crippen LogP contribution in [0.3, 0.4) is 0 Å². The van der Waals surface area contributed by atoms with Gasteiger partial charge in [-0.2, -0.15) is 0 Å². The monoisotopic (exact) mass is 581 g/mol. The van der Waals surface area contributed by atoms with Crippen LogP contribution in [0.2, 0.25) is 0 Å². The number of benzene rings is 3. The Morgan fingerprint density at radius 1 is 0.902 bits per heavy atom. The molecule has 0 aliphatic rings. The second-order valence-corrected chi connectivity index (χ2v) is 11.6. The molecule has 0 spiro atoms. The van der Waals surface area contributed by atoms with Gasteiger partial charge in [0.05, 0.1) is 19.1 Å². The first-order valence-electron chi connectivity index (χ1n) is 13.6. The molecule has 2 amide bonds. The highest BCUT2D eigenvalue weighted by Crippen LogP contribution is 2.23. The third kappa shape index (κ3) is 9.53. The summed E-state index contributed by atoms with van der Waals surface area (Å²) < 4.78 is 37.7. The Balaban J connectivity index is 1.80. The molecule has 10 heteroatoms. The van der Waals surface area contributed by atoms with E-state index in [9.17, 15) is 18.0 Å². The zero-order valence-electron chi connectivity index (χ0n) is 24.1. The molecule has 0 aliphatic carbocycles. The molecule has 3 aromatic rings. The molecule has 9 nitrogen and oxygen atoms in total. The molecule has 3 rings (SSSR count). The van der Waals surface area contributed by atoms with Gasteiger partial charge < -0.3 is 19.7 Å². The summed E-state index contributed by atoms with van der Waals surface area (Å²) in [6.07, 6.45) is 2.79. The van der Waals surface area contributed by atoms with Gasteiger partial charge >= 0.3 is 0 Å². The minimum atomic E-state index is -3.83. The van der Waals surface area contributed by atoms with E-state index in [4.69, 9.17) is 9.47 Å². The second-order valence-electron chi connectivity index (χ2n) is 9.73. The number of nitrogens with one attached hydrogen (secondary N) is 1. The number of rotatable bonds is 15. The fourth-order valence-electron chi connectivity index (χ4n) is 4.11. The Bertz CT molecular complexity index is 1360. The number of ether oxygens (including phenoxy) is 2. The molecule has 0 heterocycles. The minimum Gasteiger partial charge on any atom is -0.497 e. The lowest BCUT2D eigenvalue weighted by Gasteiger charge is -2.31. The number of nitrogens with zero attached hydrogens (tertiary/aromatic N) is 2. The third-order valence-electron chi connectivity index (χ3n) is 6.56. The number of amides is 2. The van der Waals surface area contributed by atoms with Crippen LogP contribution >= 0.6 is 0 Å². The minimum absolute atomic E-state index is 0.120. The van der Waals surface area contributed by atoms with E-state index in [1.165, 1.54) is 4.90 Å². The van der Waals surface area contributed by atoms with Gasteiger partial charge in [0, 0.05) is 13.1 Å². The summed E-state index contributed by atoms with van der Waals surface area (Å²) >= 11 is 0. The predicted octanol–water partition coefficient (Wildman–Crippen LogP) is 4.37. The van der Waals surface area contributed by atoms with Gasteiger partial charge in [0.15, 0.2) is 0 Å². The van der Waals surface area contributed by atoms with E-state index in [2.05, 4.69) is 5.32 Å². The molecule has 1 N–H and O–H groups in total. The summed E-state index contributed by atoms with van der Waals surface area (Å²) in [7, 11) is -2.27. The molecule has 0 unspecified atom stereocenters. The van der Waals surface area contributed by atoms with Crippen molar-refractivity contribution >= 4 is 27.5 Å². The lowest BCUT2D eigenvalue weighted by atomic mass is 10.1. The predicted molar refractivity (Wildman–Crippen MR) is 160 cm³/mol. The zero-order valence-corrected chi connectivity index (χ0v) is 24.9. The van der Waals surface area contributed by atoms with Gasteiger partial charge in [-0.15, -0.1) is 0 Å². The first-order valence-corrected chi connectivity index (χ1v) is 15.4. The topological polar surface area (TPSA) is 105 Å². The maximum absolute atomic E-state index is 13.7. The van der Waals surface area contributed by atoms with E-state index in [1.54, 1.807) is 50.4 Å². The molecular weight excluding hydrogens is 542 g/mol. The van der Waals surface area contributed by atoms with Gasteiger partial charge in [0.2, 0.25) is 21.8 Å². The summed E-state index contributed by atoms with van der Waals surface area (Å²) in [5.74, 6) is 0.423. The molecule has 0 saturated carbocycles. The van der Waals surface area contributed by atoms with E-state index < -0.39 is 28.5 Å². The number of anilines is 1. The van der Waals surface area contributed by atoms with Crippen molar-refractivity contribution in [2.75, 3.05) is 30.8 Å². The molecule has 1 atom stereocenters. The summed E-state index contributed by atoms with van der Waals surface area (Å²) in [4.78, 5) is 28.0. The Kier molecular flexibility index (Phi) is 11.6. The van der Waals surface area contributed by atoms with Crippen LogP contribution in [0, 0.1) is 0 Å². The first kappa shape index (κ1) is 31.5. The van der Waals surface area contributed by atoms with Gasteiger partial charge in [-0.05, 0) is 60.9 Å². The van der Waals surface area contributed by atoms with Crippen molar-refractivity contribution in [1.82, 2.24) is 10.2 Å². The molecule has 3 aromatic carbocycles. The second kappa shape index (κ2) is 15.1. The largest absolute Gasteiger partial charge is 0.497 e. The number of hydrogen-bond acceptors (Lipinski definition) is 6. The van der Waals surface area contributed by atoms with Crippen molar-refractivity contribution < 1.29 is 27.5 Å². The van der Waals surface area contributed by atoms with Crippen molar-refractivity contribution in [1.29, 1.82) is 0 Å². The van der Waals surface area contributed by atoms with Crippen LogP contribution in [0.5, 0.6) is 11.5 Å². The smallest absolute Gasteiger partial charge is 0.244 e. The highest BCUT2D eigenvalue weighted by atomic mass is 32.2. The third-order valence-corrected chi connectivity index (χ3v) is 7.70. The molecule has 220 valence electrons. The Hall–Kier alpha value is -4.05. The van der Waals surface area contributed by atoms with E-state index in [0.29, 0.717) is 30.3 Å². The molecule has 0 fully saturated rings. The number of carbonyl (C=O) groups is 2. The molecule has 0 aromatic heterocycles. The van der Waals surface area contributed by atoms with E-state index in [1.807, 2.05) is 49.4 Å². The van der Waals surface area contributed by atoms with Crippen LogP contribution in [0.25, 0.3) is 0 Å². The molecule has 41 heavy (non-hydrogen) atoms. The fraction of sp³-hybridized carbons (Fsp3) is 0.355. The number of carbonyl (C=O) groups excluding carboxylic acids is 2. The Morgan fingerprint density at radius 3 is 2.12 bits per heavy atom. The number of hydrogen-bond donors (Lipinski definition) is 1. The number of unbranched alkanes of at least 4 members (excludes halogenated alkanes) is 1. The van der Waals surface area contributed by atoms with Crippen LogP contribution in [-0.4, -0.2) is 57.6 Å². The maximum Gasteiger partial charge on any atom is 0.244 e. The van der Waals surface area contributed by atoms with E-state index >= 15 is 0 Å². The van der Waals surface area contributed by atoms with Gasteiger partial charge in [-0.3, -0.25) is 13.9 Å². The summed E-state index contributed by atoms with van der Waals surface area (Å²) in [5, 5.41) is 2.87. The van der Waals surface area contributed by atoms with Crippen molar-refractivity contribution in [2.45, 2.75) is 45.9 Å². The highest BCUT2D eigenvalue weighted by Gasteiger charge is 2.30. The van der Waals surface area contributed by atoms with Crippen molar-refractivity contribution in [2.24, 2.45) is 0 Å². The average Bonchev–Trinajstić information content (AvgIpc) is 2.97. The van der Waals surface area contributed by atoms with Crippen molar-refractivity contribution in [3.05, 3.63) is 90.0 Å². The SMILES string of the molecule is CCCCNC(=O)[C@H](C)N(Cc1ccc(OC)cc1)C(=O)CN(c1ccc(OCc2ccccc2)cc1)S(C)(=O)=O.